The van der Waals surface area contributed by atoms with Crippen LogP contribution in [0.15, 0.2) is 48.5 Å². The summed E-state index contributed by atoms with van der Waals surface area (Å²) in [6, 6.07) is 17.3. The minimum atomic E-state index is -10.7. The Labute approximate surface area is 574 Å². The summed E-state index contributed by atoms with van der Waals surface area (Å²) in [7, 11) is -14.4. The molecule has 0 radical (unpaired) electrons. The van der Waals surface area contributed by atoms with Gasteiger partial charge in [-0.3, -0.25) is 0 Å². The number of benzene rings is 4. The van der Waals surface area contributed by atoms with Crippen LogP contribution in [-0.2, 0) is 73.2 Å². The van der Waals surface area contributed by atoms with Crippen molar-refractivity contribution >= 4 is 15.6 Å². The molecule has 8 rings (SSSR count). The van der Waals surface area contributed by atoms with Crippen molar-refractivity contribution in [1.29, 1.82) is 0 Å². The van der Waals surface area contributed by atoms with Crippen LogP contribution in [0.3, 0.4) is 0 Å². The molecular weight excluding hydrogens is 1510 g/mol. The second-order valence-corrected chi connectivity index (χ2v) is 25.4. The van der Waals surface area contributed by atoms with Gasteiger partial charge in [0.2, 0.25) is 0 Å². The topological polar surface area (TPSA) is 170 Å². The predicted octanol–water partition coefficient (Wildman–Crippen LogP) is 17.4. The van der Waals surface area contributed by atoms with Gasteiger partial charge in [-0.1, -0.05) is 27.7 Å². The van der Waals surface area contributed by atoms with Crippen LogP contribution < -0.4 is 37.9 Å². The van der Waals surface area contributed by atoms with Crippen LogP contribution in [0.5, 0.6) is 46.0 Å². The summed E-state index contributed by atoms with van der Waals surface area (Å²) in [5.74, 6) is 4.86. The zero-order valence-electron chi connectivity index (χ0n) is 54.9. The van der Waals surface area contributed by atoms with E-state index < -0.39 is 15.6 Å². The van der Waals surface area contributed by atoms with Crippen LogP contribution in [-0.4, -0.2) is 157 Å². The molecule has 0 fully saturated rings. The smallest absolute Gasteiger partial charge is 1.00 e. The van der Waals surface area contributed by atoms with Crippen molar-refractivity contribution in [1.82, 2.24) is 0 Å². The van der Waals surface area contributed by atoms with E-state index in [0.717, 1.165) is 70.2 Å². The number of aliphatic hydroxyl groups excluding tert-OH is 2. The molecule has 0 unspecified atom stereocenters. The maximum atomic E-state index is 9.87. The maximum Gasteiger partial charge on any atom is 1.00 e. The second kappa shape index (κ2) is 38.7. The molecule has 0 aromatic heterocycles. The van der Waals surface area contributed by atoms with Gasteiger partial charge in [0.15, 0.2) is 0 Å². The van der Waals surface area contributed by atoms with Gasteiger partial charge in [0, 0.05) is 105 Å². The first kappa shape index (κ1) is 88.5. The fourth-order valence-corrected chi connectivity index (χ4v) is 10.1. The van der Waals surface area contributed by atoms with Gasteiger partial charge in [0.05, 0.1) is 108 Å². The van der Waals surface area contributed by atoms with Crippen molar-refractivity contribution < 1.29 is 172 Å². The number of ether oxygens (including phenoxy) is 14. The molecule has 2 N–H and O–H groups in total. The molecule has 4 aliphatic rings. The SMILES string of the molecule is CC(C)O.CC(C)O.CC[C@H]1c2cc3c(cc2OC)OCCOCCOCCOCCOc2cc(OC)c(cc21)[C@H](CC)c1cc2c(OC)cc1OCCOCCOCCOCCOc1cc(OC)c(cc1[C@H]2CC)[C@@H]3CC.F[P-](F)(F)(F)(F)F.F[P-](F)(F)(F)(F)F.[Ag+].[Ag+]. The van der Waals surface area contributed by atoms with Crippen molar-refractivity contribution in [3.05, 3.63) is 93.0 Å². The Morgan fingerprint density at radius 1 is 0.319 bits per heavy atom. The third-order valence-corrected chi connectivity index (χ3v) is 13.5. The van der Waals surface area contributed by atoms with Crippen molar-refractivity contribution in [3.63, 3.8) is 0 Å². The molecule has 0 saturated carbocycles. The Morgan fingerprint density at radius 2 is 0.457 bits per heavy atom. The molecule has 94 heavy (non-hydrogen) atoms. The number of aliphatic hydroxyl groups is 2. The van der Waals surface area contributed by atoms with Crippen molar-refractivity contribution in [3.8, 4) is 46.0 Å². The first-order chi connectivity index (χ1) is 42.8. The Hall–Kier alpha value is -3.54. The first-order valence-corrected chi connectivity index (χ1v) is 34.2. The fourth-order valence-electron chi connectivity index (χ4n) is 10.1. The van der Waals surface area contributed by atoms with E-state index in [1.807, 2.05) is 24.3 Å². The number of rotatable bonds is 8. The van der Waals surface area contributed by atoms with Gasteiger partial charge in [0.1, 0.15) is 72.4 Å². The van der Waals surface area contributed by atoms with Gasteiger partial charge >= 0.3 is 111 Å². The van der Waals surface area contributed by atoms with Crippen LogP contribution in [0.4, 0.5) is 50.4 Å². The second-order valence-electron chi connectivity index (χ2n) is 21.5. The van der Waals surface area contributed by atoms with Crippen LogP contribution in [0, 0.1) is 0 Å². The van der Waals surface area contributed by atoms with E-state index in [0.29, 0.717) is 152 Å². The molecule has 3 aliphatic heterocycles. The van der Waals surface area contributed by atoms with E-state index in [9.17, 15) is 50.4 Å². The van der Waals surface area contributed by atoms with Gasteiger partial charge in [-0.25, -0.2) is 0 Å². The van der Waals surface area contributed by atoms with Crippen molar-refractivity contribution in [2.24, 2.45) is 0 Å². The number of halogens is 12. The van der Waals surface area contributed by atoms with E-state index in [1.165, 1.54) is 0 Å². The number of hydrogen-bond donors (Lipinski definition) is 2. The van der Waals surface area contributed by atoms with Gasteiger partial charge in [-0.2, -0.15) is 0 Å². The normalized spacial score (nSPS) is 20.0. The Kier molecular flexibility index (Phi) is 36.4. The summed E-state index contributed by atoms with van der Waals surface area (Å²) < 4.78 is 206. The van der Waals surface area contributed by atoms with E-state index >= 15 is 0 Å². The van der Waals surface area contributed by atoms with Gasteiger partial charge < -0.3 is 76.5 Å². The van der Waals surface area contributed by atoms with Crippen molar-refractivity contribution in [2.75, 3.05) is 134 Å². The molecular formula is C62H92Ag2F12O16P2. The Balaban J connectivity index is 0.00000158. The van der Waals surface area contributed by atoms with Gasteiger partial charge in [0.25, 0.3) is 0 Å². The zero-order chi connectivity index (χ0) is 69.2. The summed E-state index contributed by atoms with van der Waals surface area (Å²) in [6.07, 6.45) is 2.55. The molecule has 16 nitrogen and oxygen atoms in total. The minimum Gasteiger partial charge on any atom is 1.00 e. The molecule has 3 heterocycles. The van der Waals surface area contributed by atoms with Crippen LogP contribution in [0.2, 0.25) is 0 Å². The number of fused-ring (bicyclic) bond motifs is 15. The maximum absolute atomic E-state index is 10.7. The Morgan fingerprint density at radius 3 is 0.585 bits per heavy atom. The number of hydrogen-bond acceptors (Lipinski definition) is 16. The van der Waals surface area contributed by atoms with Crippen LogP contribution in [0.1, 0.15) is 149 Å². The average Bonchev–Trinajstić information content (AvgIpc) is 0.758. The minimum absolute atomic E-state index is 0. The summed E-state index contributed by atoms with van der Waals surface area (Å²) in [5.41, 5.74) is 8.00. The molecule has 4 aromatic rings. The van der Waals surface area contributed by atoms with Crippen LogP contribution >= 0.6 is 15.6 Å². The molecule has 0 saturated heterocycles. The molecule has 4 aromatic carbocycles. The average molecular weight is 1600 g/mol. The van der Waals surface area contributed by atoms with E-state index in [-0.39, 0.29) is 80.6 Å². The summed E-state index contributed by atoms with van der Waals surface area (Å²) in [4.78, 5) is 0. The van der Waals surface area contributed by atoms with Gasteiger partial charge in [-0.05, 0) is 77.6 Å². The summed E-state index contributed by atoms with van der Waals surface area (Å²) >= 11 is 0. The quantitative estimate of drug-likeness (QED) is 0.0739. The first-order valence-electron chi connectivity index (χ1n) is 30.1. The Bertz CT molecular complexity index is 2650. The van der Waals surface area contributed by atoms with Crippen molar-refractivity contribution in [2.45, 2.75) is 117 Å². The van der Waals surface area contributed by atoms with E-state index in [4.69, 9.17) is 76.5 Å². The molecule has 32 heteroatoms. The third-order valence-electron chi connectivity index (χ3n) is 13.5. The molecule has 552 valence electrons. The van der Waals surface area contributed by atoms with E-state index in [1.54, 1.807) is 56.1 Å². The molecule has 0 spiro atoms. The van der Waals surface area contributed by atoms with E-state index in [2.05, 4.69) is 52.0 Å². The fraction of sp³-hybridized carbons (Fsp3) is 0.613. The largest absolute Gasteiger partial charge is 1.00 e. The predicted molar refractivity (Wildman–Crippen MR) is 329 cm³/mol. The molecule has 10 bridgehead atoms. The standard InChI is InChI=1S/C56H76O14.2C3H8O.2Ag.2F6P/c1-9-37-41-29-47-40(12-4)44-32-46-38(10-2)42-30-48(56(34-50(42)58-6)70-28-24-66-20-16-62-14-18-64-22-26-68-54(46)36-52(44)60-8)39(11-3)43-31-45(37)53(35-51(43)59-7)67-25-21-63-17-13-61-15-19-65-23-27-69-55(47)33-49(41)57-5;2*1-3(2)4;;;2*1-7(2,3,4,5)6/h29-40H,9-28H2,1-8H3;2*3-4H,1-2H3;;;;/q;;;2*+1;2*-1/t37-,38-,39-,40-;;;;;;/m0....../s1. The molecule has 1 aliphatic carbocycles. The summed E-state index contributed by atoms with van der Waals surface area (Å²) in [6.45, 7) is 22.0. The van der Waals surface area contributed by atoms with Gasteiger partial charge in [-0.15, -0.1) is 0 Å². The molecule has 4 atom stereocenters. The third kappa shape index (κ3) is 34.3. The zero-order valence-corrected chi connectivity index (χ0v) is 59.6. The van der Waals surface area contributed by atoms with Crippen LogP contribution in [0.25, 0.3) is 0 Å². The number of methoxy groups -OCH3 is 4. The summed E-state index contributed by atoms with van der Waals surface area (Å²) in [5, 5.41) is 16.1. The monoisotopic (exact) mass is 1600 g/mol. The molecule has 0 amide bonds.